The third-order valence-electron chi connectivity index (χ3n) is 3.24. The summed E-state index contributed by atoms with van der Waals surface area (Å²) in [6.45, 7) is -0.0681. The van der Waals surface area contributed by atoms with Crippen molar-refractivity contribution in [1.82, 2.24) is 4.31 Å². The minimum atomic E-state index is -3.57. The molecule has 0 aliphatic heterocycles. The molecule has 0 amide bonds. The summed E-state index contributed by atoms with van der Waals surface area (Å²) >= 11 is 1.18. The highest BCUT2D eigenvalue weighted by atomic mass is 32.2. The molecule has 1 saturated carbocycles. The molecule has 0 atom stereocenters. The lowest BCUT2D eigenvalue weighted by atomic mass is 10.2. The van der Waals surface area contributed by atoms with Crippen molar-refractivity contribution in [3.63, 3.8) is 0 Å². The van der Waals surface area contributed by atoms with Crippen LogP contribution in [-0.4, -0.2) is 36.4 Å². The van der Waals surface area contributed by atoms with E-state index in [2.05, 4.69) is 5.16 Å². The van der Waals surface area contributed by atoms with Crippen LogP contribution in [0.25, 0.3) is 0 Å². The minimum absolute atomic E-state index is 0.0626. The molecule has 2 rings (SSSR count). The van der Waals surface area contributed by atoms with Gasteiger partial charge in [0.2, 0.25) is 0 Å². The SMILES string of the molecule is NC(CN(C1CCCC1)S(=O)(=O)c1cccs1)=NO. The molecule has 3 N–H and O–H groups in total. The van der Waals surface area contributed by atoms with Gasteiger partial charge in [0.25, 0.3) is 10.0 Å². The van der Waals surface area contributed by atoms with Gasteiger partial charge in [0, 0.05) is 6.04 Å². The zero-order valence-corrected chi connectivity index (χ0v) is 12.0. The Bertz CT molecular complexity index is 534. The fourth-order valence-electron chi connectivity index (χ4n) is 2.32. The van der Waals surface area contributed by atoms with E-state index in [-0.39, 0.29) is 18.4 Å². The first kappa shape index (κ1) is 14.3. The van der Waals surface area contributed by atoms with Crippen LogP contribution >= 0.6 is 11.3 Å². The van der Waals surface area contributed by atoms with E-state index >= 15 is 0 Å². The Morgan fingerprint density at radius 2 is 2.21 bits per heavy atom. The molecule has 106 valence electrons. The summed E-state index contributed by atoms with van der Waals surface area (Å²) in [4.78, 5) is 0. The average Bonchev–Trinajstić information content (AvgIpc) is 3.07. The van der Waals surface area contributed by atoms with Crippen molar-refractivity contribution < 1.29 is 13.6 Å². The van der Waals surface area contributed by atoms with E-state index < -0.39 is 10.0 Å². The van der Waals surface area contributed by atoms with Gasteiger partial charge in [-0.1, -0.05) is 24.1 Å². The first-order valence-corrected chi connectivity index (χ1v) is 8.39. The maximum atomic E-state index is 12.6. The molecular formula is C11H17N3O3S2. The molecule has 1 aromatic rings. The smallest absolute Gasteiger partial charge is 0.253 e. The van der Waals surface area contributed by atoms with Gasteiger partial charge in [0.05, 0.1) is 6.54 Å². The number of hydrogen-bond donors (Lipinski definition) is 2. The monoisotopic (exact) mass is 303 g/mol. The number of rotatable bonds is 5. The van der Waals surface area contributed by atoms with Crippen LogP contribution in [0.2, 0.25) is 0 Å². The number of oxime groups is 1. The zero-order valence-electron chi connectivity index (χ0n) is 10.4. The molecule has 1 aliphatic carbocycles. The average molecular weight is 303 g/mol. The highest BCUT2D eigenvalue weighted by molar-refractivity contribution is 7.91. The lowest BCUT2D eigenvalue weighted by Crippen LogP contribution is -2.43. The first-order valence-electron chi connectivity index (χ1n) is 6.07. The van der Waals surface area contributed by atoms with E-state index in [9.17, 15) is 8.42 Å². The fraction of sp³-hybridized carbons (Fsp3) is 0.545. The van der Waals surface area contributed by atoms with Crippen LogP contribution in [-0.2, 0) is 10.0 Å². The van der Waals surface area contributed by atoms with Crippen molar-refractivity contribution in [1.29, 1.82) is 0 Å². The number of amidine groups is 1. The first-order chi connectivity index (χ1) is 9.05. The van der Waals surface area contributed by atoms with Gasteiger partial charge in [-0.2, -0.15) is 4.31 Å². The highest BCUT2D eigenvalue weighted by Gasteiger charge is 2.34. The van der Waals surface area contributed by atoms with Gasteiger partial charge in [0.1, 0.15) is 4.21 Å². The quantitative estimate of drug-likeness (QED) is 0.372. The number of sulfonamides is 1. The van der Waals surface area contributed by atoms with Crippen molar-refractivity contribution >= 4 is 27.2 Å². The normalized spacial score (nSPS) is 18.3. The van der Waals surface area contributed by atoms with Crippen molar-refractivity contribution in [2.75, 3.05) is 6.54 Å². The van der Waals surface area contributed by atoms with Gasteiger partial charge in [-0.15, -0.1) is 11.3 Å². The molecule has 1 fully saturated rings. The van der Waals surface area contributed by atoms with E-state index in [4.69, 9.17) is 10.9 Å². The Morgan fingerprint density at radius 1 is 1.53 bits per heavy atom. The van der Waals surface area contributed by atoms with Gasteiger partial charge in [0.15, 0.2) is 5.84 Å². The summed E-state index contributed by atoms with van der Waals surface area (Å²) in [6.07, 6.45) is 3.67. The van der Waals surface area contributed by atoms with Gasteiger partial charge in [-0.3, -0.25) is 0 Å². The lowest BCUT2D eigenvalue weighted by Gasteiger charge is -2.26. The van der Waals surface area contributed by atoms with Crippen LogP contribution in [0.4, 0.5) is 0 Å². The molecule has 0 saturated heterocycles. The van der Waals surface area contributed by atoms with Gasteiger partial charge < -0.3 is 10.9 Å². The van der Waals surface area contributed by atoms with Crippen molar-refractivity contribution in [3.05, 3.63) is 17.5 Å². The molecule has 0 spiro atoms. The van der Waals surface area contributed by atoms with Crippen LogP contribution in [0.1, 0.15) is 25.7 Å². The van der Waals surface area contributed by atoms with Crippen LogP contribution in [0.5, 0.6) is 0 Å². The fourth-order valence-corrected chi connectivity index (χ4v) is 5.10. The predicted octanol–water partition coefficient (Wildman–Crippen LogP) is 1.43. The number of nitrogens with two attached hydrogens (primary N) is 1. The van der Waals surface area contributed by atoms with E-state index in [0.29, 0.717) is 4.21 Å². The molecule has 19 heavy (non-hydrogen) atoms. The number of hydrogen-bond acceptors (Lipinski definition) is 5. The summed E-state index contributed by atoms with van der Waals surface area (Å²) < 4.78 is 26.8. The van der Waals surface area contributed by atoms with Crippen LogP contribution in [0, 0.1) is 0 Å². The lowest BCUT2D eigenvalue weighted by molar-refractivity contribution is 0.308. The molecule has 1 aliphatic rings. The second-order valence-electron chi connectivity index (χ2n) is 4.51. The van der Waals surface area contributed by atoms with Crippen LogP contribution < -0.4 is 5.73 Å². The summed E-state index contributed by atoms with van der Waals surface area (Å²) in [5.41, 5.74) is 5.49. The maximum absolute atomic E-state index is 12.6. The summed E-state index contributed by atoms with van der Waals surface area (Å²) in [5, 5.41) is 13.3. The molecule has 0 aromatic carbocycles. The molecule has 6 nitrogen and oxygen atoms in total. The molecule has 8 heteroatoms. The van der Waals surface area contributed by atoms with Crippen molar-refractivity contribution in [2.45, 2.75) is 35.9 Å². The second kappa shape index (κ2) is 5.89. The Labute approximate surface area is 116 Å². The Kier molecular flexibility index (Phi) is 4.43. The predicted molar refractivity (Wildman–Crippen MR) is 73.9 cm³/mol. The van der Waals surface area contributed by atoms with Gasteiger partial charge in [-0.25, -0.2) is 8.42 Å². The summed E-state index contributed by atoms with van der Waals surface area (Å²) in [5.74, 6) is -0.0907. The van der Waals surface area contributed by atoms with Gasteiger partial charge in [-0.05, 0) is 24.3 Å². The standard InChI is InChI=1S/C11H17N3O3S2/c12-10(13-15)8-14(9-4-1-2-5-9)19(16,17)11-6-3-7-18-11/h3,6-7,9,15H,1-2,4-5,8H2,(H2,12,13). The molecule has 0 radical (unpaired) electrons. The summed E-state index contributed by atoms with van der Waals surface area (Å²) in [7, 11) is -3.57. The number of nitrogens with zero attached hydrogens (tertiary/aromatic N) is 2. The van der Waals surface area contributed by atoms with Gasteiger partial charge >= 0.3 is 0 Å². The number of thiophene rings is 1. The minimum Gasteiger partial charge on any atom is -0.409 e. The third-order valence-corrected chi connectivity index (χ3v) is 6.51. The van der Waals surface area contributed by atoms with Crippen molar-refractivity contribution in [3.8, 4) is 0 Å². The molecule has 0 unspecified atom stereocenters. The maximum Gasteiger partial charge on any atom is 0.253 e. The van der Waals surface area contributed by atoms with E-state index in [1.165, 1.54) is 15.6 Å². The molecular weight excluding hydrogens is 286 g/mol. The topological polar surface area (TPSA) is 96.0 Å². The van der Waals surface area contributed by atoms with E-state index in [1.807, 2.05) is 0 Å². The van der Waals surface area contributed by atoms with E-state index in [0.717, 1.165) is 25.7 Å². The van der Waals surface area contributed by atoms with Crippen LogP contribution in [0.3, 0.4) is 0 Å². The molecule has 0 bridgehead atoms. The third kappa shape index (κ3) is 3.07. The van der Waals surface area contributed by atoms with Crippen molar-refractivity contribution in [2.24, 2.45) is 10.9 Å². The molecule has 1 aromatic heterocycles. The Morgan fingerprint density at radius 3 is 2.74 bits per heavy atom. The van der Waals surface area contributed by atoms with Crippen LogP contribution in [0.15, 0.2) is 26.9 Å². The Balaban J connectivity index is 2.31. The highest BCUT2D eigenvalue weighted by Crippen LogP contribution is 2.30. The zero-order chi connectivity index (χ0) is 13.9. The molecule has 1 heterocycles. The summed E-state index contributed by atoms with van der Waals surface area (Å²) in [6, 6.07) is 3.22. The largest absolute Gasteiger partial charge is 0.409 e. The Hall–Kier alpha value is -1.12. The van der Waals surface area contributed by atoms with E-state index in [1.54, 1.807) is 17.5 Å². The second-order valence-corrected chi connectivity index (χ2v) is 7.58.